The van der Waals surface area contributed by atoms with Crippen LogP contribution >= 0.6 is 0 Å². The Morgan fingerprint density at radius 1 is 0.375 bits per heavy atom. The zero-order chi connectivity index (χ0) is 4.24. The van der Waals surface area contributed by atoms with Crippen molar-refractivity contribution in [3.63, 3.8) is 0 Å². The molecule has 1 rings (SSSR count). The Hall–Kier alpha value is 1.19. The summed E-state index contributed by atoms with van der Waals surface area (Å²) >= 11 is 0. The Morgan fingerprint density at radius 2 is 0.500 bits per heavy atom. The summed E-state index contributed by atoms with van der Waals surface area (Å²) in [6, 6.07) is 0. The first-order chi connectivity index (χ1) is 3.00. The van der Waals surface area contributed by atoms with E-state index >= 15 is 0 Å². The van der Waals surface area contributed by atoms with Crippen molar-refractivity contribution >= 4 is 37.7 Å². The molecule has 2 heteroatoms. The topological polar surface area (TPSA) is 0 Å². The minimum atomic E-state index is 0. The molecule has 0 heterocycles. The molecular formula is C6H14Li2. The summed E-state index contributed by atoms with van der Waals surface area (Å²) < 4.78 is 0. The van der Waals surface area contributed by atoms with Crippen molar-refractivity contribution in [2.24, 2.45) is 0 Å². The summed E-state index contributed by atoms with van der Waals surface area (Å²) in [5, 5.41) is 0. The van der Waals surface area contributed by atoms with Gasteiger partial charge in [-0.2, -0.15) is 0 Å². The fraction of sp³-hybridized carbons (Fsp3) is 1.00. The molecule has 40 valence electrons. The molecule has 0 aromatic rings. The van der Waals surface area contributed by atoms with Gasteiger partial charge in [0, 0.05) is 0 Å². The molecule has 0 spiro atoms. The third-order valence-electron chi connectivity index (χ3n) is 1.50. The van der Waals surface area contributed by atoms with Gasteiger partial charge in [-0.3, -0.25) is 0 Å². The van der Waals surface area contributed by atoms with Crippen molar-refractivity contribution in [3.8, 4) is 0 Å². The maximum atomic E-state index is 1.50. The maximum absolute atomic E-state index is 1.50. The van der Waals surface area contributed by atoms with Crippen LogP contribution in [-0.4, -0.2) is 37.7 Å². The molecule has 0 radical (unpaired) electrons. The summed E-state index contributed by atoms with van der Waals surface area (Å²) in [4.78, 5) is 0. The van der Waals surface area contributed by atoms with Gasteiger partial charge in [0.05, 0.1) is 0 Å². The number of rotatable bonds is 0. The molecule has 1 aliphatic rings. The van der Waals surface area contributed by atoms with Crippen LogP contribution < -0.4 is 0 Å². The van der Waals surface area contributed by atoms with E-state index in [1.165, 1.54) is 38.5 Å². The summed E-state index contributed by atoms with van der Waals surface area (Å²) in [5.74, 6) is 0. The zero-order valence-electron chi connectivity index (χ0n) is 4.24. The van der Waals surface area contributed by atoms with Crippen LogP contribution in [0.5, 0.6) is 0 Å². The van der Waals surface area contributed by atoms with Crippen molar-refractivity contribution in [1.29, 1.82) is 0 Å². The van der Waals surface area contributed by atoms with Crippen LogP contribution in [0.4, 0.5) is 0 Å². The van der Waals surface area contributed by atoms with E-state index in [0.29, 0.717) is 0 Å². The quantitative estimate of drug-likeness (QED) is 0.399. The minimum absolute atomic E-state index is 0. The van der Waals surface area contributed by atoms with Crippen molar-refractivity contribution in [3.05, 3.63) is 0 Å². The van der Waals surface area contributed by atoms with Gasteiger partial charge in [0.25, 0.3) is 0 Å². The number of hydrogen-bond donors (Lipinski definition) is 0. The fourth-order valence-electron chi connectivity index (χ4n) is 1.06. The van der Waals surface area contributed by atoms with E-state index in [1.54, 1.807) is 0 Å². The van der Waals surface area contributed by atoms with Gasteiger partial charge in [0.2, 0.25) is 0 Å². The molecular weight excluding hydrogens is 85.9 g/mol. The van der Waals surface area contributed by atoms with Crippen LogP contribution in [0.15, 0.2) is 0 Å². The van der Waals surface area contributed by atoms with Gasteiger partial charge in [-0.15, -0.1) is 0 Å². The van der Waals surface area contributed by atoms with Crippen LogP contribution in [0, 0.1) is 0 Å². The first-order valence-electron chi connectivity index (χ1n) is 3.00. The van der Waals surface area contributed by atoms with Gasteiger partial charge in [0.15, 0.2) is 0 Å². The molecule has 0 aromatic carbocycles. The Bertz CT molecular complexity index is 22.0. The van der Waals surface area contributed by atoms with Crippen LogP contribution in [0.2, 0.25) is 0 Å². The first-order valence-corrected chi connectivity index (χ1v) is 3.00. The predicted molar refractivity (Wildman–Crippen MR) is 42.0 cm³/mol. The Labute approximate surface area is 76.2 Å². The Kier molecular flexibility index (Phi) is 12.2. The van der Waals surface area contributed by atoms with Crippen LogP contribution in [0.1, 0.15) is 38.5 Å². The fourth-order valence-corrected chi connectivity index (χ4v) is 1.06. The predicted octanol–water partition coefficient (Wildman–Crippen LogP) is 1.04. The van der Waals surface area contributed by atoms with Gasteiger partial charge in [0.1, 0.15) is 0 Å². The Balaban J connectivity index is 0. The molecule has 1 aliphatic carbocycles. The molecule has 0 unspecified atom stereocenters. The molecule has 0 aromatic heterocycles. The van der Waals surface area contributed by atoms with Gasteiger partial charge in [-0.25, -0.2) is 0 Å². The normalized spacial score (nSPS) is 18.0. The summed E-state index contributed by atoms with van der Waals surface area (Å²) in [7, 11) is 0. The van der Waals surface area contributed by atoms with Gasteiger partial charge < -0.3 is 0 Å². The molecule has 1 saturated carbocycles. The molecule has 0 N–H and O–H groups in total. The van der Waals surface area contributed by atoms with E-state index in [-0.39, 0.29) is 37.7 Å². The van der Waals surface area contributed by atoms with E-state index in [4.69, 9.17) is 0 Å². The van der Waals surface area contributed by atoms with Crippen molar-refractivity contribution in [2.75, 3.05) is 0 Å². The first kappa shape index (κ1) is 11.9. The van der Waals surface area contributed by atoms with Crippen LogP contribution in [-0.2, 0) is 0 Å². The zero-order valence-corrected chi connectivity index (χ0v) is 4.24. The average molecular weight is 100 g/mol. The third-order valence-corrected chi connectivity index (χ3v) is 1.50. The average Bonchev–Trinajstić information content (AvgIpc) is 1.72. The molecule has 0 nitrogen and oxygen atoms in total. The molecule has 0 aliphatic heterocycles. The second kappa shape index (κ2) is 8.19. The van der Waals surface area contributed by atoms with E-state index in [2.05, 4.69) is 0 Å². The number of hydrogen-bond acceptors (Lipinski definition) is 0. The van der Waals surface area contributed by atoms with Gasteiger partial charge in [-0.05, 0) is 0 Å². The molecule has 0 bridgehead atoms. The monoisotopic (exact) mass is 100 g/mol. The van der Waals surface area contributed by atoms with E-state index in [0.717, 1.165) is 0 Å². The standard InChI is InChI=1S/C6H12.2Li.2H/c1-2-4-6-5-3-1;;;;/h1-6H2;;;;. The van der Waals surface area contributed by atoms with Crippen molar-refractivity contribution in [1.82, 2.24) is 0 Å². The van der Waals surface area contributed by atoms with Gasteiger partial charge >= 0.3 is 37.7 Å². The summed E-state index contributed by atoms with van der Waals surface area (Å²) in [6.07, 6.45) is 9.00. The molecule has 0 amide bonds. The third kappa shape index (κ3) is 5.33. The van der Waals surface area contributed by atoms with Crippen LogP contribution in [0.3, 0.4) is 0 Å². The molecule has 1 fully saturated rings. The summed E-state index contributed by atoms with van der Waals surface area (Å²) in [6.45, 7) is 0. The van der Waals surface area contributed by atoms with Crippen molar-refractivity contribution in [2.45, 2.75) is 38.5 Å². The molecule has 0 atom stereocenters. The second-order valence-electron chi connectivity index (χ2n) is 2.12. The second-order valence-corrected chi connectivity index (χ2v) is 2.12. The Morgan fingerprint density at radius 3 is 0.625 bits per heavy atom. The van der Waals surface area contributed by atoms with E-state index in [1.807, 2.05) is 0 Å². The van der Waals surface area contributed by atoms with Crippen LogP contribution in [0.25, 0.3) is 0 Å². The summed E-state index contributed by atoms with van der Waals surface area (Å²) in [5.41, 5.74) is 0. The van der Waals surface area contributed by atoms with Gasteiger partial charge in [-0.1, -0.05) is 38.5 Å². The molecule has 0 saturated heterocycles. The van der Waals surface area contributed by atoms with Crippen molar-refractivity contribution < 1.29 is 0 Å². The molecule has 8 heavy (non-hydrogen) atoms. The van der Waals surface area contributed by atoms with E-state index < -0.39 is 0 Å². The SMILES string of the molecule is C1CCCCC1.[LiH].[LiH]. The van der Waals surface area contributed by atoms with E-state index in [9.17, 15) is 0 Å².